The number of nitrogens with one attached hydrogen (secondary N) is 2. The average molecular weight is 437 g/mol. The Morgan fingerprint density at radius 3 is 1.96 bits per heavy atom. The third kappa shape index (κ3) is 20.9. The molecule has 0 aliphatic carbocycles. The van der Waals surface area contributed by atoms with Gasteiger partial charge < -0.3 is 20.5 Å². The van der Waals surface area contributed by atoms with Crippen LogP contribution in [0.25, 0.3) is 0 Å². The molecule has 3 N–H and O–H groups in total. The predicted octanol–water partition coefficient (Wildman–Crippen LogP) is 3.12. The Hall–Kier alpha value is -1.03. The van der Waals surface area contributed by atoms with E-state index in [2.05, 4.69) is 21.2 Å². The summed E-state index contributed by atoms with van der Waals surface area (Å²) in [6, 6.07) is 0. The van der Waals surface area contributed by atoms with Gasteiger partial charge in [-0.15, -0.1) is 0 Å². The highest BCUT2D eigenvalue weighted by Crippen LogP contribution is 2.13. The average Bonchev–Trinajstić information content (AvgIpc) is 2.46. The van der Waals surface area contributed by atoms with Crippen LogP contribution < -0.4 is 10.6 Å². The fourth-order valence-electron chi connectivity index (χ4n) is 1.26. The number of ether oxygens (including phenoxy) is 1. The third-order valence-corrected chi connectivity index (χ3v) is 2.92. The fourth-order valence-corrected chi connectivity index (χ4v) is 1.66. The predicted molar refractivity (Wildman–Crippen MR) is 92.6 cm³/mol. The summed E-state index contributed by atoms with van der Waals surface area (Å²) in [4.78, 5) is 21.2. The lowest BCUT2D eigenvalue weighted by atomic mass is 10.2. The number of alkyl halides is 4. The van der Waals surface area contributed by atoms with Crippen molar-refractivity contribution in [1.29, 1.82) is 0 Å². The summed E-state index contributed by atoms with van der Waals surface area (Å²) in [5.41, 5.74) is -0.403. The van der Waals surface area contributed by atoms with Gasteiger partial charge in [0.05, 0.1) is 0 Å². The lowest BCUT2D eigenvalue weighted by Gasteiger charge is -2.19. The summed E-state index contributed by atoms with van der Waals surface area (Å²) < 4.78 is 39.5. The first-order chi connectivity index (χ1) is 11.4. The van der Waals surface area contributed by atoms with E-state index in [9.17, 15) is 22.8 Å². The van der Waals surface area contributed by atoms with Crippen molar-refractivity contribution in [3.8, 4) is 0 Å². The molecule has 10 heteroatoms. The van der Waals surface area contributed by atoms with Gasteiger partial charge in [-0.05, 0) is 46.5 Å². The molecule has 0 aliphatic rings. The van der Waals surface area contributed by atoms with Gasteiger partial charge >= 0.3 is 18.2 Å². The highest BCUT2D eigenvalue weighted by Gasteiger charge is 2.38. The second-order valence-electron chi connectivity index (χ2n) is 6.01. The summed E-state index contributed by atoms with van der Waals surface area (Å²) in [5, 5.41) is 13.6. The van der Waals surface area contributed by atoms with Crippen LogP contribution in [0.1, 0.15) is 46.5 Å². The van der Waals surface area contributed by atoms with Crippen molar-refractivity contribution in [2.45, 2.75) is 58.2 Å². The zero-order valence-corrected chi connectivity index (χ0v) is 16.4. The Kier molecular flexibility index (Phi) is 14.9. The van der Waals surface area contributed by atoms with Crippen molar-refractivity contribution < 1.29 is 32.6 Å². The van der Waals surface area contributed by atoms with E-state index in [0.29, 0.717) is 19.4 Å². The monoisotopic (exact) mass is 436 g/mol. The van der Waals surface area contributed by atoms with Crippen molar-refractivity contribution in [1.82, 2.24) is 10.6 Å². The summed E-state index contributed by atoms with van der Waals surface area (Å²) in [7, 11) is 0. The van der Waals surface area contributed by atoms with E-state index < -0.39 is 17.7 Å². The van der Waals surface area contributed by atoms with Crippen LogP contribution in [0.2, 0.25) is 0 Å². The summed E-state index contributed by atoms with van der Waals surface area (Å²) in [5.74, 6) is -1.93. The zero-order valence-electron chi connectivity index (χ0n) is 14.8. The van der Waals surface area contributed by atoms with E-state index in [4.69, 9.17) is 9.84 Å². The van der Waals surface area contributed by atoms with E-state index in [-0.39, 0.29) is 19.2 Å². The van der Waals surface area contributed by atoms with Gasteiger partial charge in [0, 0.05) is 25.0 Å². The molecule has 0 saturated heterocycles. The largest absolute Gasteiger partial charge is 0.471 e. The Labute approximate surface area is 155 Å². The normalized spacial score (nSPS) is 11.2. The van der Waals surface area contributed by atoms with Gasteiger partial charge in [0.15, 0.2) is 0 Å². The fraction of sp³-hybridized carbons (Fsp3) is 0.867. The molecule has 0 saturated carbocycles. The molecule has 0 atom stereocenters. The Balaban J connectivity index is 0. The van der Waals surface area contributed by atoms with Crippen LogP contribution in [-0.2, 0) is 9.53 Å². The number of halogens is 4. The molecular weight excluding hydrogens is 409 g/mol. The highest BCUT2D eigenvalue weighted by molar-refractivity contribution is 9.09. The van der Waals surface area contributed by atoms with Gasteiger partial charge in [0.1, 0.15) is 5.60 Å². The van der Waals surface area contributed by atoms with E-state index >= 15 is 0 Å². The van der Waals surface area contributed by atoms with Crippen LogP contribution in [0.15, 0.2) is 0 Å². The lowest BCUT2D eigenvalue weighted by molar-refractivity contribution is -0.173. The van der Waals surface area contributed by atoms with Gasteiger partial charge in [0.25, 0.3) is 0 Å². The molecule has 6 nitrogen and oxygen atoms in total. The zero-order chi connectivity index (χ0) is 19.9. The van der Waals surface area contributed by atoms with Crippen molar-refractivity contribution >= 4 is 27.9 Å². The molecule has 0 aromatic rings. The number of hydrogen-bond donors (Lipinski definition) is 3. The lowest BCUT2D eigenvalue weighted by Crippen LogP contribution is -2.37. The van der Waals surface area contributed by atoms with Crippen LogP contribution in [0.5, 0.6) is 0 Å². The molecule has 0 aliphatic heterocycles. The van der Waals surface area contributed by atoms with Crippen molar-refractivity contribution in [2.24, 2.45) is 0 Å². The second-order valence-corrected chi connectivity index (χ2v) is 6.80. The van der Waals surface area contributed by atoms with Gasteiger partial charge in [-0.2, -0.15) is 13.2 Å². The molecule has 0 bridgehead atoms. The minimum Gasteiger partial charge on any atom is -0.444 e. The number of hydrogen-bond acceptors (Lipinski definition) is 4. The standard InChI is InChI=1S/C9H18BrNO2.C6H10F3NO2/c1-9(2,3)13-8(12)11-7-5-4-6-10;7-6(8,9)5(12)10-3-1-2-4-11/h4-7H2,1-3H3,(H,11,12);11H,1-4H2,(H,10,12). The second kappa shape index (κ2) is 14.2. The Bertz CT molecular complexity index is 375. The minimum absolute atomic E-state index is 0.0566. The van der Waals surface area contributed by atoms with Crippen molar-refractivity contribution in [3.05, 3.63) is 0 Å². The summed E-state index contributed by atoms with van der Waals surface area (Å²) in [6.07, 6.45) is -2.36. The van der Waals surface area contributed by atoms with E-state index in [1.165, 1.54) is 0 Å². The number of aliphatic hydroxyl groups is 1. The molecule has 25 heavy (non-hydrogen) atoms. The quantitative estimate of drug-likeness (QED) is 0.402. The molecule has 0 heterocycles. The van der Waals surface area contributed by atoms with Gasteiger partial charge in [-0.1, -0.05) is 15.9 Å². The van der Waals surface area contributed by atoms with E-state index in [0.717, 1.165) is 18.2 Å². The summed E-state index contributed by atoms with van der Waals surface area (Å²) >= 11 is 3.32. The number of carbonyl (C=O) groups excluding carboxylic acids is 2. The first-order valence-corrected chi connectivity index (χ1v) is 9.05. The molecule has 0 fully saturated rings. The first-order valence-electron chi connectivity index (χ1n) is 7.92. The van der Waals surface area contributed by atoms with E-state index in [1.807, 2.05) is 20.8 Å². The molecule has 0 aromatic carbocycles. The topological polar surface area (TPSA) is 87.7 Å². The number of amides is 2. The smallest absolute Gasteiger partial charge is 0.444 e. The Morgan fingerprint density at radius 2 is 1.52 bits per heavy atom. The minimum atomic E-state index is -4.81. The molecule has 0 aromatic heterocycles. The van der Waals surface area contributed by atoms with Crippen molar-refractivity contribution in [3.63, 3.8) is 0 Å². The maximum atomic E-state index is 11.5. The molecule has 0 unspecified atom stereocenters. The number of carbonyl (C=O) groups is 2. The van der Waals surface area contributed by atoms with Crippen LogP contribution in [-0.4, -0.2) is 53.9 Å². The van der Waals surface area contributed by atoms with Gasteiger partial charge in [-0.25, -0.2) is 4.79 Å². The van der Waals surface area contributed by atoms with Gasteiger partial charge in [-0.3, -0.25) is 4.79 Å². The number of rotatable bonds is 8. The number of alkyl carbamates (subject to hydrolysis) is 1. The Morgan fingerprint density at radius 1 is 1.00 bits per heavy atom. The number of aliphatic hydroxyl groups excluding tert-OH is 1. The molecule has 0 spiro atoms. The first kappa shape index (κ1) is 26.2. The van der Waals surface area contributed by atoms with E-state index in [1.54, 1.807) is 5.32 Å². The maximum absolute atomic E-state index is 11.5. The molecule has 0 radical (unpaired) electrons. The van der Waals surface area contributed by atoms with Crippen LogP contribution in [0.4, 0.5) is 18.0 Å². The molecule has 0 rings (SSSR count). The molecule has 150 valence electrons. The molecule has 2 amide bonds. The number of unbranched alkanes of at least 4 members (excludes halogenated alkanes) is 2. The third-order valence-electron chi connectivity index (χ3n) is 2.36. The van der Waals surface area contributed by atoms with Crippen LogP contribution in [0.3, 0.4) is 0 Å². The SMILES string of the molecule is CC(C)(C)OC(=O)NCCCCBr.O=C(NCCCCO)C(F)(F)F. The van der Waals surface area contributed by atoms with Crippen LogP contribution >= 0.6 is 15.9 Å². The van der Waals surface area contributed by atoms with Crippen LogP contribution in [0, 0.1) is 0 Å². The highest BCUT2D eigenvalue weighted by atomic mass is 79.9. The maximum Gasteiger partial charge on any atom is 0.471 e. The molecular formula is C15H28BrF3N2O4. The van der Waals surface area contributed by atoms with Gasteiger partial charge in [0.2, 0.25) is 0 Å². The van der Waals surface area contributed by atoms with Crippen molar-refractivity contribution in [2.75, 3.05) is 25.0 Å². The summed E-state index contributed by atoms with van der Waals surface area (Å²) in [6.45, 7) is 6.10.